The van der Waals surface area contributed by atoms with Crippen molar-refractivity contribution in [2.45, 2.75) is 19.6 Å². The number of benzene rings is 2. The summed E-state index contributed by atoms with van der Waals surface area (Å²) in [5, 5.41) is 3.44. The number of aromatic nitrogens is 1. The number of esters is 2. The minimum Gasteiger partial charge on any atom is -0.465 e. The van der Waals surface area contributed by atoms with E-state index in [-0.39, 0.29) is 6.54 Å². The molecule has 0 radical (unpaired) electrons. The molecular weight excluding hydrogens is 438 g/mol. The predicted molar refractivity (Wildman–Crippen MR) is 127 cm³/mol. The number of rotatable bonds is 7. The number of hydrogen-bond acceptors (Lipinski definition) is 7. The highest BCUT2D eigenvalue weighted by Crippen LogP contribution is 2.22. The Morgan fingerprint density at radius 2 is 1.76 bits per heavy atom. The average Bonchev–Trinajstić information content (AvgIpc) is 3.22. The van der Waals surface area contributed by atoms with Crippen LogP contribution in [0.5, 0.6) is 0 Å². The molecule has 0 aliphatic carbocycles. The third-order valence-corrected chi connectivity index (χ3v) is 5.68. The third kappa shape index (κ3) is 5.20. The van der Waals surface area contributed by atoms with E-state index in [4.69, 9.17) is 14.2 Å². The van der Waals surface area contributed by atoms with Gasteiger partial charge in [-0.2, -0.15) is 0 Å². The van der Waals surface area contributed by atoms with Crippen molar-refractivity contribution in [3.8, 4) is 0 Å². The van der Waals surface area contributed by atoms with Crippen LogP contribution in [-0.2, 0) is 30.3 Å². The summed E-state index contributed by atoms with van der Waals surface area (Å²) in [6, 6.07) is 14.7. The van der Waals surface area contributed by atoms with E-state index in [1.54, 1.807) is 29.0 Å². The van der Waals surface area contributed by atoms with Gasteiger partial charge in [-0.05, 0) is 37.3 Å². The first-order chi connectivity index (χ1) is 16.5. The molecule has 1 saturated heterocycles. The summed E-state index contributed by atoms with van der Waals surface area (Å²) in [5.74, 6) is -1.52. The summed E-state index contributed by atoms with van der Waals surface area (Å²) in [6.45, 7) is 4.42. The Hall–Kier alpha value is -3.85. The van der Waals surface area contributed by atoms with Crippen molar-refractivity contribution in [2.75, 3.05) is 43.6 Å². The molecule has 9 nitrogen and oxygen atoms in total. The maximum Gasteiger partial charge on any atom is 0.340 e. The molecule has 9 heteroatoms. The van der Waals surface area contributed by atoms with Crippen LogP contribution in [0.1, 0.15) is 17.3 Å². The topological polar surface area (TPSA) is 99.1 Å². The van der Waals surface area contributed by atoms with Crippen molar-refractivity contribution in [1.82, 2.24) is 4.57 Å². The van der Waals surface area contributed by atoms with Crippen LogP contribution < -0.4 is 10.2 Å². The van der Waals surface area contributed by atoms with E-state index in [1.165, 1.54) is 14.0 Å². The molecule has 0 spiro atoms. The van der Waals surface area contributed by atoms with Gasteiger partial charge in [0.15, 0.2) is 6.10 Å². The molecule has 0 unspecified atom stereocenters. The van der Waals surface area contributed by atoms with Gasteiger partial charge in [-0.15, -0.1) is 0 Å². The van der Waals surface area contributed by atoms with Crippen LogP contribution in [0.3, 0.4) is 0 Å². The second kappa shape index (κ2) is 10.4. The highest BCUT2D eigenvalue weighted by molar-refractivity contribution is 6.04. The lowest BCUT2D eigenvalue weighted by atomic mass is 10.2. The van der Waals surface area contributed by atoms with Crippen LogP contribution in [0, 0.1) is 0 Å². The molecule has 2 aromatic carbocycles. The van der Waals surface area contributed by atoms with Gasteiger partial charge < -0.3 is 29.0 Å². The zero-order chi connectivity index (χ0) is 24.1. The number of carbonyl (C=O) groups excluding carboxylic acids is 3. The number of amides is 1. The zero-order valence-corrected chi connectivity index (χ0v) is 19.2. The van der Waals surface area contributed by atoms with E-state index < -0.39 is 23.9 Å². The van der Waals surface area contributed by atoms with Crippen LogP contribution in [0.15, 0.2) is 54.7 Å². The van der Waals surface area contributed by atoms with Crippen LogP contribution in [0.4, 0.5) is 11.4 Å². The van der Waals surface area contributed by atoms with E-state index >= 15 is 0 Å². The van der Waals surface area contributed by atoms with Gasteiger partial charge in [-0.1, -0.05) is 18.2 Å². The Labute approximate surface area is 197 Å². The molecule has 1 fully saturated rings. The Kier molecular flexibility index (Phi) is 7.12. The van der Waals surface area contributed by atoms with Crippen LogP contribution in [0.25, 0.3) is 10.9 Å². The number of fused-ring (bicyclic) bond motifs is 1. The third-order valence-electron chi connectivity index (χ3n) is 5.68. The maximum atomic E-state index is 12.5. The minimum absolute atomic E-state index is 0.149. The Balaban J connectivity index is 1.35. The second-order valence-electron chi connectivity index (χ2n) is 7.95. The van der Waals surface area contributed by atoms with Crippen molar-refractivity contribution in [3.05, 3.63) is 60.3 Å². The predicted octanol–water partition coefficient (Wildman–Crippen LogP) is 2.83. The molecule has 1 N–H and O–H groups in total. The van der Waals surface area contributed by atoms with Crippen LogP contribution >= 0.6 is 0 Å². The normalized spacial score (nSPS) is 14.5. The number of para-hydroxylation sites is 1. The van der Waals surface area contributed by atoms with Crippen molar-refractivity contribution in [2.24, 2.45) is 0 Å². The van der Waals surface area contributed by atoms with Gasteiger partial charge >= 0.3 is 11.9 Å². The lowest BCUT2D eigenvalue weighted by molar-refractivity contribution is -0.153. The molecule has 1 aliphatic heterocycles. The van der Waals surface area contributed by atoms with E-state index in [2.05, 4.69) is 10.2 Å². The maximum absolute atomic E-state index is 12.5. The van der Waals surface area contributed by atoms with Crippen LogP contribution in [0.2, 0.25) is 0 Å². The largest absolute Gasteiger partial charge is 0.465 e. The lowest BCUT2D eigenvalue weighted by Crippen LogP contribution is -2.36. The molecule has 1 amide bonds. The number of nitrogens with one attached hydrogen (secondary N) is 1. The van der Waals surface area contributed by atoms with Crippen molar-refractivity contribution < 1.29 is 28.6 Å². The number of ether oxygens (including phenoxy) is 3. The Bertz CT molecular complexity index is 1180. The summed E-state index contributed by atoms with van der Waals surface area (Å²) in [4.78, 5) is 39.4. The quantitative estimate of drug-likeness (QED) is 0.536. The number of carbonyl (C=O) groups is 3. The molecule has 1 aliphatic rings. The van der Waals surface area contributed by atoms with E-state index in [0.29, 0.717) is 35.4 Å². The molecule has 0 bridgehead atoms. The molecule has 2 heterocycles. The molecule has 178 valence electrons. The van der Waals surface area contributed by atoms with Crippen molar-refractivity contribution in [1.29, 1.82) is 0 Å². The number of anilines is 2. The lowest BCUT2D eigenvalue weighted by Gasteiger charge is -2.28. The first-order valence-corrected chi connectivity index (χ1v) is 11.1. The standard InChI is InChI=1S/C25H27N3O6/c1-17(24(30)26-18-7-9-19(10-8-18)27-11-13-33-14-12-27)34-23(29)16-28-15-21(25(31)32-2)20-5-3-4-6-22(20)28/h3-10,15,17H,11-14,16H2,1-2H3,(H,26,30)/t17-/m0/s1. The van der Waals surface area contributed by atoms with E-state index in [0.717, 1.165) is 18.8 Å². The van der Waals surface area contributed by atoms with Gasteiger partial charge in [0.25, 0.3) is 5.91 Å². The fourth-order valence-electron chi connectivity index (χ4n) is 3.90. The Morgan fingerprint density at radius 3 is 2.47 bits per heavy atom. The Morgan fingerprint density at radius 1 is 1.06 bits per heavy atom. The SMILES string of the molecule is COC(=O)c1cn(CC(=O)O[C@@H](C)C(=O)Nc2ccc(N3CCOCC3)cc2)c2ccccc12. The summed E-state index contributed by atoms with van der Waals surface area (Å²) < 4.78 is 17.1. The molecule has 3 aromatic rings. The second-order valence-corrected chi connectivity index (χ2v) is 7.95. The highest BCUT2D eigenvalue weighted by Gasteiger charge is 2.21. The van der Waals surface area contributed by atoms with E-state index in [9.17, 15) is 14.4 Å². The number of methoxy groups -OCH3 is 1. The van der Waals surface area contributed by atoms with Gasteiger partial charge in [0, 0.05) is 41.6 Å². The molecular formula is C25H27N3O6. The molecule has 1 aromatic heterocycles. The summed E-state index contributed by atoms with van der Waals surface area (Å²) in [6.07, 6.45) is 0.562. The molecule has 1 atom stereocenters. The highest BCUT2D eigenvalue weighted by atomic mass is 16.5. The van der Waals surface area contributed by atoms with Crippen molar-refractivity contribution in [3.63, 3.8) is 0 Å². The smallest absolute Gasteiger partial charge is 0.340 e. The summed E-state index contributed by atoms with van der Waals surface area (Å²) in [7, 11) is 1.30. The molecule has 4 rings (SSSR count). The fourth-order valence-corrected chi connectivity index (χ4v) is 3.90. The van der Waals surface area contributed by atoms with Crippen LogP contribution in [-0.4, -0.2) is 61.9 Å². The van der Waals surface area contributed by atoms with E-state index in [1.807, 2.05) is 30.3 Å². The molecule has 0 saturated carbocycles. The van der Waals surface area contributed by atoms with Gasteiger partial charge in [-0.3, -0.25) is 9.59 Å². The molecule has 34 heavy (non-hydrogen) atoms. The monoisotopic (exact) mass is 465 g/mol. The van der Waals surface area contributed by atoms with Gasteiger partial charge in [0.2, 0.25) is 0 Å². The number of morpholine rings is 1. The number of nitrogens with zero attached hydrogens (tertiary/aromatic N) is 2. The minimum atomic E-state index is -0.992. The average molecular weight is 466 g/mol. The summed E-state index contributed by atoms with van der Waals surface area (Å²) in [5.41, 5.74) is 2.73. The summed E-state index contributed by atoms with van der Waals surface area (Å²) >= 11 is 0. The zero-order valence-electron chi connectivity index (χ0n) is 19.2. The first kappa shape index (κ1) is 23.3. The van der Waals surface area contributed by atoms with Gasteiger partial charge in [-0.25, -0.2) is 4.79 Å². The van der Waals surface area contributed by atoms with Crippen molar-refractivity contribution >= 4 is 40.1 Å². The fraction of sp³-hybridized carbons (Fsp3) is 0.320. The number of hydrogen-bond donors (Lipinski definition) is 1. The van der Waals surface area contributed by atoms with Gasteiger partial charge in [0.1, 0.15) is 6.54 Å². The first-order valence-electron chi connectivity index (χ1n) is 11.1. The van der Waals surface area contributed by atoms with Gasteiger partial charge in [0.05, 0.1) is 25.9 Å².